The molecule has 0 atom stereocenters. The number of furan rings is 1. The highest BCUT2D eigenvalue weighted by molar-refractivity contribution is 7.91. The normalized spacial score (nSPS) is 14.7. The van der Waals surface area contributed by atoms with E-state index in [1.165, 1.54) is 17.4 Å². The molecule has 2 aromatic heterocycles. The molecule has 0 aliphatic carbocycles. The third kappa shape index (κ3) is 4.64. The summed E-state index contributed by atoms with van der Waals surface area (Å²) in [4.78, 5) is 8.99. The molecule has 5 aromatic rings. The first kappa shape index (κ1) is 24.2. The molecule has 6 rings (SSSR count). The number of sulfone groups is 1. The van der Waals surface area contributed by atoms with Gasteiger partial charge in [-0.1, -0.05) is 78.9 Å². The highest BCUT2D eigenvalue weighted by Crippen LogP contribution is 2.36. The number of anilines is 1. The van der Waals surface area contributed by atoms with Crippen molar-refractivity contribution >= 4 is 15.7 Å². The summed E-state index contributed by atoms with van der Waals surface area (Å²) in [7, 11) is -3.91. The van der Waals surface area contributed by atoms with E-state index in [1.54, 1.807) is 42.5 Å². The lowest BCUT2D eigenvalue weighted by atomic mass is 9.96. The van der Waals surface area contributed by atoms with Crippen molar-refractivity contribution in [3.8, 4) is 11.7 Å². The molecule has 1 aliphatic heterocycles. The van der Waals surface area contributed by atoms with Crippen LogP contribution in [0.3, 0.4) is 0 Å². The Morgan fingerprint density at radius 2 is 1.29 bits per heavy atom. The first-order chi connectivity index (χ1) is 18.6. The number of nitrogens with zero attached hydrogens (tertiary/aromatic N) is 3. The lowest BCUT2D eigenvalue weighted by molar-refractivity contribution is 0.209. The van der Waals surface area contributed by atoms with Gasteiger partial charge in [-0.2, -0.15) is 4.98 Å². The number of piperazine rings is 1. The highest BCUT2D eigenvalue weighted by Gasteiger charge is 2.34. The minimum Gasteiger partial charge on any atom is -0.459 e. The van der Waals surface area contributed by atoms with E-state index in [4.69, 9.17) is 8.83 Å². The summed E-state index contributed by atoms with van der Waals surface area (Å²) in [6.45, 7) is 2.60. The van der Waals surface area contributed by atoms with Gasteiger partial charge in [0.25, 0.3) is 5.89 Å². The van der Waals surface area contributed by atoms with Gasteiger partial charge in [-0.15, -0.1) is 0 Å². The van der Waals surface area contributed by atoms with Crippen LogP contribution < -0.4 is 4.90 Å². The van der Waals surface area contributed by atoms with Crippen LogP contribution in [0.15, 0.2) is 128 Å². The molecular weight excluding hydrogens is 498 g/mol. The predicted molar refractivity (Wildman–Crippen MR) is 145 cm³/mol. The number of hydrogen-bond acceptors (Lipinski definition) is 7. The van der Waals surface area contributed by atoms with Crippen LogP contribution in [0.25, 0.3) is 11.7 Å². The van der Waals surface area contributed by atoms with Gasteiger partial charge in [0.15, 0.2) is 5.76 Å². The Hall–Kier alpha value is -4.14. The topological polar surface area (TPSA) is 79.8 Å². The van der Waals surface area contributed by atoms with Crippen LogP contribution in [-0.4, -0.2) is 44.5 Å². The van der Waals surface area contributed by atoms with Gasteiger partial charge in [0.2, 0.25) is 20.7 Å². The Kier molecular flexibility index (Phi) is 6.57. The molecule has 1 aliphatic rings. The maximum absolute atomic E-state index is 13.6. The molecule has 8 heteroatoms. The zero-order chi connectivity index (χ0) is 26.0. The third-order valence-electron chi connectivity index (χ3n) is 6.82. The molecule has 0 amide bonds. The second-order valence-electron chi connectivity index (χ2n) is 9.17. The Morgan fingerprint density at radius 3 is 1.84 bits per heavy atom. The summed E-state index contributed by atoms with van der Waals surface area (Å²) < 4.78 is 38.8. The molecule has 3 heterocycles. The molecule has 0 saturated carbocycles. The van der Waals surface area contributed by atoms with E-state index < -0.39 is 9.84 Å². The number of benzene rings is 3. The Balaban J connectivity index is 1.32. The van der Waals surface area contributed by atoms with Crippen molar-refractivity contribution in [2.24, 2.45) is 0 Å². The van der Waals surface area contributed by atoms with Crippen LogP contribution in [0.1, 0.15) is 17.2 Å². The molecule has 1 saturated heterocycles. The fourth-order valence-corrected chi connectivity index (χ4v) is 6.30. The minimum atomic E-state index is -3.91. The number of rotatable bonds is 7. The standard InChI is InChI=1S/C30H27N3O4S/c34-38(35,25-15-8-3-9-16-25)29-30(37-28(31-29)26-17-10-22-36-26)33-20-18-32(19-21-33)27(23-11-4-1-5-12-23)24-13-6-2-7-14-24/h1-17,22,27H,18-21H2. The molecule has 192 valence electrons. The molecule has 3 aromatic carbocycles. The highest BCUT2D eigenvalue weighted by atomic mass is 32.2. The Bertz CT molecular complexity index is 1540. The minimum absolute atomic E-state index is 0.0915. The molecule has 0 N–H and O–H groups in total. The van der Waals surface area contributed by atoms with E-state index in [0.717, 1.165) is 13.1 Å². The van der Waals surface area contributed by atoms with Crippen LogP contribution >= 0.6 is 0 Å². The Morgan fingerprint density at radius 1 is 0.711 bits per heavy atom. The van der Waals surface area contributed by atoms with E-state index in [9.17, 15) is 8.42 Å². The summed E-state index contributed by atoms with van der Waals surface area (Å²) in [6.07, 6.45) is 1.51. The van der Waals surface area contributed by atoms with Gasteiger partial charge in [0, 0.05) is 26.2 Å². The Labute approximate surface area is 221 Å². The molecule has 0 unspecified atom stereocenters. The van der Waals surface area contributed by atoms with E-state index in [1.807, 2.05) is 17.0 Å². The molecule has 1 fully saturated rings. The average molecular weight is 526 g/mol. The molecule has 0 radical (unpaired) electrons. The third-order valence-corrected chi connectivity index (χ3v) is 8.48. The van der Waals surface area contributed by atoms with Gasteiger partial charge in [-0.3, -0.25) is 4.90 Å². The van der Waals surface area contributed by atoms with E-state index in [0.29, 0.717) is 18.8 Å². The quantitative estimate of drug-likeness (QED) is 0.270. The molecule has 7 nitrogen and oxygen atoms in total. The average Bonchev–Trinajstić information content (AvgIpc) is 3.67. The number of aromatic nitrogens is 1. The first-order valence-corrected chi connectivity index (χ1v) is 14.0. The van der Waals surface area contributed by atoms with Crippen molar-refractivity contribution in [2.45, 2.75) is 16.0 Å². The summed E-state index contributed by atoms with van der Waals surface area (Å²) in [6, 6.07) is 32.8. The van der Waals surface area contributed by atoms with Crippen molar-refractivity contribution in [2.75, 3.05) is 31.1 Å². The van der Waals surface area contributed by atoms with Crippen molar-refractivity contribution in [1.29, 1.82) is 0 Å². The van der Waals surface area contributed by atoms with E-state index in [2.05, 4.69) is 58.4 Å². The molecule has 0 spiro atoms. The van der Waals surface area contributed by atoms with Gasteiger partial charge in [0.05, 0.1) is 17.2 Å². The zero-order valence-electron chi connectivity index (χ0n) is 20.7. The summed E-state index contributed by atoms with van der Waals surface area (Å²) >= 11 is 0. The van der Waals surface area contributed by atoms with Crippen LogP contribution in [0.2, 0.25) is 0 Å². The SMILES string of the molecule is O=S(=O)(c1ccccc1)c1nc(-c2ccco2)oc1N1CCN(C(c2ccccc2)c2ccccc2)CC1. The molecular formula is C30H27N3O4S. The number of hydrogen-bond donors (Lipinski definition) is 0. The van der Waals surface area contributed by atoms with Crippen LogP contribution in [0.5, 0.6) is 0 Å². The van der Waals surface area contributed by atoms with Crippen LogP contribution in [0.4, 0.5) is 5.88 Å². The zero-order valence-corrected chi connectivity index (χ0v) is 21.5. The lowest BCUT2D eigenvalue weighted by Gasteiger charge is -2.39. The lowest BCUT2D eigenvalue weighted by Crippen LogP contribution is -2.48. The summed E-state index contributed by atoms with van der Waals surface area (Å²) in [5.41, 5.74) is 2.44. The smallest absolute Gasteiger partial charge is 0.266 e. The van der Waals surface area contributed by atoms with E-state index >= 15 is 0 Å². The maximum Gasteiger partial charge on any atom is 0.266 e. The fraction of sp³-hybridized carbons (Fsp3) is 0.167. The summed E-state index contributed by atoms with van der Waals surface area (Å²) in [5.74, 6) is 0.775. The van der Waals surface area contributed by atoms with Crippen molar-refractivity contribution in [1.82, 2.24) is 9.88 Å². The first-order valence-electron chi connectivity index (χ1n) is 12.5. The molecule has 38 heavy (non-hydrogen) atoms. The van der Waals surface area contributed by atoms with Crippen LogP contribution in [-0.2, 0) is 9.84 Å². The second-order valence-corrected chi connectivity index (χ2v) is 11.0. The van der Waals surface area contributed by atoms with Crippen LogP contribution in [0, 0.1) is 0 Å². The predicted octanol–water partition coefficient (Wildman–Crippen LogP) is 5.68. The van der Waals surface area contributed by atoms with Crippen molar-refractivity contribution in [3.63, 3.8) is 0 Å². The van der Waals surface area contributed by atoms with Crippen molar-refractivity contribution in [3.05, 3.63) is 121 Å². The second kappa shape index (κ2) is 10.3. The van der Waals surface area contributed by atoms with Gasteiger partial charge >= 0.3 is 0 Å². The maximum atomic E-state index is 13.6. The van der Waals surface area contributed by atoms with E-state index in [-0.39, 0.29) is 27.7 Å². The van der Waals surface area contributed by atoms with Gasteiger partial charge in [0.1, 0.15) is 0 Å². The van der Waals surface area contributed by atoms with Gasteiger partial charge < -0.3 is 13.7 Å². The largest absolute Gasteiger partial charge is 0.459 e. The fourth-order valence-electron chi connectivity index (χ4n) is 4.96. The number of oxazole rings is 1. The monoisotopic (exact) mass is 525 g/mol. The van der Waals surface area contributed by atoms with Gasteiger partial charge in [-0.05, 0) is 35.4 Å². The van der Waals surface area contributed by atoms with Crippen molar-refractivity contribution < 1.29 is 17.3 Å². The van der Waals surface area contributed by atoms with Gasteiger partial charge in [-0.25, -0.2) is 8.42 Å². The molecule has 0 bridgehead atoms. The summed E-state index contributed by atoms with van der Waals surface area (Å²) in [5, 5.41) is -0.0915.